The van der Waals surface area contributed by atoms with Crippen molar-refractivity contribution in [3.63, 3.8) is 0 Å². The fraction of sp³-hybridized carbons (Fsp3) is 0.919. The average Bonchev–Trinajstić information content (AvgIpc) is 3.29. The highest BCUT2D eigenvalue weighted by Crippen LogP contribution is 2.39. The number of carboxylic acids is 1. The van der Waals surface area contributed by atoms with Gasteiger partial charge in [-0.15, -0.1) is 0 Å². The zero-order valence-corrected chi connectivity index (χ0v) is 36.2. The van der Waals surface area contributed by atoms with Crippen LogP contribution < -0.4 is 10.6 Å². The number of aliphatic carboxylic acids is 1. The van der Waals surface area contributed by atoms with Gasteiger partial charge in [0.15, 0.2) is 25.2 Å². The topological polar surface area (TPSA) is 502 Å². The van der Waals surface area contributed by atoms with E-state index in [0.717, 1.165) is 13.8 Å². The number of aliphatic hydroxyl groups is 16. The molecule has 68 heavy (non-hydrogen) atoms. The molecule has 5 aliphatic heterocycles. The summed E-state index contributed by atoms with van der Waals surface area (Å²) in [6.07, 6.45) is -47.6. The van der Waals surface area contributed by atoms with Crippen LogP contribution in [0.2, 0.25) is 0 Å². The molecule has 2 amide bonds. The normalized spacial score (nSPS) is 46.6. The highest BCUT2D eigenvalue weighted by atomic mass is 16.8. The molecule has 0 aromatic heterocycles. The van der Waals surface area contributed by atoms with Gasteiger partial charge in [-0.3, -0.25) is 9.59 Å². The predicted octanol–water partition coefficient (Wildman–Crippen LogP) is -12.4. The molecule has 5 aliphatic rings. The number of amides is 2. The summed E-state index contributed by atoms with van der Waals surface area (Å²) in [6, 6.07) is -3.51. The van der Waals surface area contributed by atoms with Crippen molar-refractivity contribution in [3.05, 3.63) is 0 Å². The second-order valence-electron chi connectivity index (χ2n) is 16.8. The second-order valence-corrected chi connectivity index (χ2v) is 16.8. The summed E-state index contributed by atoms with van der Waals surface area (Å²) < 4.78 is 50.7. The molecule has 19 N–H and O–H groups in total. The molecule has 0 spiro atoms. The van der Waals surface area contributed by atoms with Crippen LogP contribution in [0.1, 0.15) is 20.3 Å². The smallest absolute Gasteiger partial charge is 0.364 e. The van der Waals surface area contributed by atoms with E-state index < -0.39 is 216 Å². The Bertz CT molecular complexity index is 1660. The van der Waals surface area contributed by atoms with Gasteiger partial charge in [-0.1, -0.05) is 0 Å². The zero-order valence-electron chi connectivity index (χ0n) is 36.2. The highest BCUT2D eigenvalue weighted by molar-refractivity contribution is 5.76. The molecule has 0 aromatic carbocycles. The van der Waals surface area contributed by atoms with E-state index in [0.29, 0.717) is 0 Å². The summed E-state index contributed by atoms with van der Waals surface area (Å²) in [6.45, 7) is -3.28. The number of nitrogens with one attached hydrogen (secondary N) is 2. The van der Waals surface area contributed by atoms with Gasteiger partial charge in [0.2, 0.25) is 11.8 Å². The fourth-order valence-corrected chi connectivity index (χ4v) is 8.53. The number of ether oxygens (including phenoxy) is 9. The van der Waals surface area contributed by atoms with Crippen molar-refractivity contribution in [3.8, 4) is 0 Å². The van der Waals surface area contributed by atoms with E-state index >= 15 is 0 Å². The van der Waals surface area contributed by atoms with Gasteiger partial charge < -0.3 is 140 Å². The maximum atomic E-state index is 13.0. The van der Waals surface area contributed by atoms with Gasteiger partial charge in [-0.05, 0) is 0 Å². The van der Waals surface area contributed by atoms with Gasteiger partial charge in [0.25, 0.3) is 5.79 Å². The first-order valence-electron chi connectivity index (χ1n) is 21.2. The molecule has 394 valence electrons. The molecule has 5 saturated heterocycles. The minimum absolute atomic E-state index is 0.818. The Balaban J connectivity index is 1.45. The Morgan fingerprint density at radius 1 is 0.574 bits per heavy atom. The quantitative estimate of drug-likeness (QED) is 0.0606. The third-order valence-electron chi connectivity index (χ3n) is 12.1. The van der Waals surface area contributed by atoms with Gasteiger partial charge in [-0.2, -0.15) is 0 Å². The number of aliphatic hydroxyl groups excluding tert-OH is 16. The van der Waals surface area contributed by atoms with Gasteiger partial charge in [0.1, 0.15) is 116 Å². The molecule has 0 aromatic rings. The Morgan fingerprint density at radius 3 is 1.53 bits per heavy atom. The standard InChI is InChI=1S/C37H62N2O29/c1-9(45)38-17-11(47)3-37(36(58)59,67-29(17)19(49)12(48)4-40)68-31-22(52)15(7-43)63-35(26(31)56)65-28-18(39-10(2)46)33(61-13(5-41)20(28)50)66-30-21(51)14(6-42)62-34(25(30)55)64-27-16(8-44)60-32(57)24(54)23(27)53/h11-35,40-44,47-57H,3-8H2,1-2H3,(H,38,45)(H,39,46)(H,58,59)/t11-,12+,13+,14+,15+,16+,17+,18+,19+,20+,21-,22-,23+,24+,25+,26+,27+,28+,29+,30-,31-,32+,33-,34-,35-,37-/m0/s1. The van der Waals surface area contributed by atoms with E-state index in [1.807, 2.05) is 0 Å². The van der Waals surface area contributed by atoms with Gasteiger partial charge in [0, 0.05) is 20.3 Å². The monoisotopic (exact) mass is 998 g/mol. The first-order chi connectivity index (χ1) is 32.0. The lowest BCUT2D eigenvalue weighted by molar-refractivity contribution is -0.389. The molecule has 31 heteroatoms. The van der Waals surface area contributed by atoms with Gasteiger partial charge in [-0.25, -0.2) is 4.79 Å². The lowest BCUT2D eigenvalue weighted by Crippen LogP contribution is -2.71. The molecule has 0 unspecified atom stereocenters. The molecule has 31 nitrogen and oxygen atoms in total. The van der Waals surface area contributed by atoms with Crippen LogP contribution in [-0.4, -0.2) is 297 Å². The Hall–Kier alpha value is -2.59. The summed E-state index contributed by atoms with van der Waals surface area (Å²) >= 11 is 0. The van der Waals surface area contributed by atoms with E-state index in [9.17, 15) is 101 Å². The molecule has 0 aliphatic carbocycles. The maximum Gasteiger partial charge on any atom is 0.364 e. The van der Waals surface area contributed by atoms with Crippen LogP contribution >= 0.6 is 0 Å². The molecule has 5 fully saturated rings. The third-order valence-corrected chi connectivity index (χ3v) is 12.1. The molecule has 5 heterocycles. The largest absolute Gasteiger partial charge is 0.477 e. The molecule has 0 saturated carbocycles. The zero-order chi connectivity index (χ0) is 50.7. The van der Waals surface area contributed by atoms with E-state index in [1.54, 1.807) is 0 Å². The minimum Gasteiger partial charge on any atom is -0.477 e. The van der Waals surface area contributed by atoms with Crippen molar-refractivity contribution < 1.29 is 144 Å². The molecular formula is C37H62N2O29. The van der Waals surface area contributed by atoms with Crippen molar-refractivity contribution in [1.82, 2.24) is 10.6 Å². The summed E-state index contributed by atoms with van der Waals surface area (Å²) in [5, 5.41) is 185. The fourth-order valence-electron chi connectivity index (χ4n) is 8.53. The van der Waals surface area contributed by atoms with Crippen LogP contribution in [0.15, 0.2) is 0 Å². The molecular weight excluding hydrogens is 936 g/mol. The SMILES string of the molecule is CC(=O)N[C@H]1[C@H](O[C@H]2[C@@H](O)[C@@H](CO)O[C@@H](O[C@H]3[C@H](O)[C@@H](O)[C@H](O)O[C@@H]3CO)[C@@H]2O)O[C@H](CO)[C@@H](O)[C@@H]1O[C@@H]1O[C@H](CO)[C@H](O)[C@H](O[C@]2(C(=O)O)C[C@H](O)[C@@H](NC(C)=O)[C@H]([C@H](O)[C@H](O)CO)O2)[C@H]1O. The summed E-state index contributed by atoms with van der Waals surface area (Å²) in [5.74, 6) is -6.99. The molecule has 26 atom stereocenters. The Labute approximate surface area is 384 Å². The van der Waals surface area contributed by atoms with Crippen molar-refractivity contribution >= 4 is 17.8 Å². The van der Waals surface area contributed by atoms with Crippen molar-refractivity contribution in [2.24, 2.45) is 0 Å². The first kappa shape index (κ1) is 56.3. The van der Waals surface area contributed by atoms with Crippen LogP contribution in [0.25, 0.3) is 0 Å². The van der Waals surface area contributed by atoms with Crippen LogP contribution in [-0.2, 0) is 57.0 Å². The number of carboxylic acid groups (broad SMARTS) is 1. The Kier molecular flexibility index (Phi) is 19.7. The van der Waals surface area contributed by atoms with Crippen molar-refractivity contribution in [2.75, 3.05) is 33.0 Å². The van der Waals surface area contributed by atoms with E-state index in [4.69, 9.17) is 42.6 Å². The second kappa shape index (κ2) is 23.8. The number of carbonyl (C=O) groups excluding carboxylic acids is 2. The summed E-state index contributed by atoms with van der Waals surface area (Å²) in [4.78, 5) is 37.7. The van der Waals surface area contributed by atoms with E-state index in [1.165, 1.54) is 0 Å². The number of rotatable bonds is 18. The van der Waals surface area contributed by atoms with Crippen LogP contribution in [0.4, 0.5) is 0 Å². The Morgan fingerprint density at radius 2 is 1.03 bits per heavy atom. The van der Waals surface area contributed by atoms with E-state index in [-0.39, 0.29) is 0 Å². The number of hydrogen-bond acceptors (Lipinski definition) is 28. The van der Waals surface area contributed by atoms with Crippen molar-refractivity contribution in [2.45, 2.75) is 179 Å². The van der Waals surface area contributed by atoms with Crippen molar-refractivity contribution in [1.29, 1.82) is 0 Å². The lowest BCUT2D eigenvalue weighted by Gasteiger charge is -2.51. The highest BCUT2D eigenvalue weighted by Gasteiger charge is 2.61. The lowest BCUT2D eigenvalue weighted by atomic mass is 9.88. The molecule has 5 rings (SSSR count). The number of carbonyl (C=O) groups is 3. The number of hydrogen-bond donors (Lipinski definition) is 19. The average molecular weight is 999 g/mol. The van der Waals surface area contributed by atoms with E-state index in [2.05, 4.69) is 10.6 Å². The van der Waals surface area contributed by atoms with Gasteiger partial charge in [0.05, 0.1) is 45.2 Å². The van der Waals surface area contributed by atoms with Crippen LogP contribution in [0.3, 0.4) is 0 Å². The third kappa shape index (κ3) is 11.8. The van der Waals surface area contributed by atoms with Crippen LogP contribution in [0.5, 0.6) is 0 Å². The van der Waals surface area contributed by atoms with Gasteiger partial charge >= 0.3 is 5.97 Å². The minimum atomic E-state index is -3.19. The summed E-state index contributed by atoms with van der Waals surface area (Å²) in [5.41, 5.74) is 0. The molecule has 0 bridgehead atoms. The maximum absolute atomic E-state index is 13.0. The summed E-state index contributed by atoms with van der Waals surface area (Å²) in [7, 11) is 0. The predicted molar refractivity (Wildman–Crippen MR) is 207 cm³/mol. The molecule has 0 radical (unpaired) electrons. The van der Waals surface area contributed by atoms with Crippen LogP contribution in [0, 0.1) is 0 Å². The first-order valence-corrected chi connectivity index (χ1v) is 21.2.